The standard InChI is InChI=1S/C15H21ClN2S/c1-3-4-5-6-7-11(2)17-15-18-13-10-12(16)8-9-14(13)19-15/h8-11H,3-7H2,1-2H3,(H,17,18). The molecule has 1 heterocycles. The lowest BCUT2D eigenvalue weighted by Crippen LogP contribution is -2.14. The van der Waals surface area contributed by atoms with Gasteiger partial charge in [0.05, 0.1) is 10.2 Å². The Morgan fingerprint density at radius 2 is 2.16 bits per heavy atom. The minimum atomic E-state index is 0.480. The van der Waals surface area contributed by atoms with Crippen LogP contribution >= 0.6 is 22.9 Å². The van der Waals surface area contributed by atoms with Crippen molar-refractivity contribution < 1.29 is 0 Å². The Morgan fingerprint density at radius 3 is 2.95 bits per heavy atom. The van der Waals surface area contributed by atoms with E-state index in [0.29, 0.717) is 6.04 Å². The van der Waals surface area contributed by atoms with Crippen molar-refractivity contribution in [3.63, 3.8) is 0 Å². The maximum Gasteiger partial charge on any atom is 0.183 e. The molecule has 0 fully saturated rings. The van der Waals surface area contributed by atoms with Crippen LogP contribution in [-0.4, -0.2) is 11.0 Å². The largest absolute Gasteiger partial charge is 0.359 e. The van der Waals surface area contributed by atoms with Crippen molar-refractivity contribution in [1.29, 1.82) is 0 Å². The zero-order valence-corrected chi connectivity index (χ0v) is 13.2. The molecule has 2 aromatic rings. The van der Waals surface area contributed by atoms with E-state index < -0.39 is 0 Å². The van der Waals surface area contributed by atoms with Gasteiger partial charge in [-0.3, -0.25) is 0 Å². The van der Waals surface area contributed by atoms with Gasteiger partial charge in [0.2, 0.25) is 0 Å². The minimum Gasteiger partial charge on any atom is -0.359 e. The lowest BCUT2D eigenvalue weighted by Gasteiger charge is -2.12. The topological polar surface area (TPSA) is 24.9 Å². The van der Waals surface area contributed by atoms with Crippen LogP contribution in [0.5, 0.6) is 0 Å². The molecule has 0 amide bonds. The van der Waals surface area contributed by atoms with E-state index in [9.17, 15) is 0 Å². The van der Waals surface area contributed by atoms with Crippen LogP contribution in [0.4, 0.5) is 5.13 Å². The summed E-state index contributed by atoms with van der Waals surface area (Å²) in [5, 5.41) is 5.24. The summed E-state index contributed by atoms with van der Waals surface area (Å²) < 4.78 is 1.19. The fraction of sp³-hybridized carbons (Fsp3) is 0.533. The summed E-state index contributed by atoms with van der Waals surface area (Å²) in [4.78, 5) is 4.58. The quantitative estimate of drug-likeness (QED) is 0.661. The molecule has 0 radical (unpaired) electrons. The Morgan fingerprint density at radius 1 is 1.32 bits per heavy atom. The SMILES string of the molecule is CCCCCCC(C)Nc1nc2cc(Cl)ccc2s1. The van der Waals surface area contributed by atoms with Gasteiger partial charge >= 0.3 is 0 Å². The summed E-state index contributed by atoms with van der Waals surface area (Å²) in [6.45, 7) is 4.47. The number of thiazole rings is 1. The molecule has 1 aromatic carbocycles. The first kappa shape index (κ1) is 14.6. The second kappa shape index (κ2) is 7.11. The normalized spacial score (nSPS) is 12.8. The van der Waals surface area contributed by atoms with E-state index >= 15 is 0 Å². The lowest BCUT2D eigenvalue weighted by molar-refractivity contribution is 0.594. The molecule has 2 rings (SSSR count). The molecule has 104 valence electrons. The molecule has 4 heteroatoms. The molecule has 0 saturated heterocycles. The molecular weight excluding hydrogens is 276 g/mol. The van der Waals surface area contributed by atoms with E-state index in [2.05, 4.69) is 24.1 Å². The van der Waals surface area contributed by atoms with E-state index in [-0.39, 0.29) is 0 Å². The van der Waals surface area contributed by atoms with Gasteiger partial charge < -0.3 is 5.32 Å². The van der Waals surface area contributed by atoms with Crippen molar-refractivity contribution in [2.24, 2.45) is 0 Å². The molecule has 1 atom stereocenters. The number of halogens is 1. The first-order chi connectivity index (χ1) is 9.19. The number of rotatable bonds is 7. The van der Waals surface area contributed by atoms with Crippen LogP contribution in [0.15, 0.2) is 18.2 Å². The van der Waals surface area contributed by atoms with Gasteiger partial charge in [0.15, 0.2) is 5.13 Å². The summed E-state index contributed by atoms with van der Waals surface area (Å²) in [6, 6.07) is 6.35. The van der Waals surface area contributed by atoms with Crippen molar-refractivity contribution in [3.05, 3.63) is 23.2 Å². The smallest absolute Gasteiger partial charge is 0.183 e. The van der Waals surface area contributed by atoms with Gasteiger partial charge in [-0.25, -0.2) is 4.98 Å². The number of hydrogen-bond donors (Lipinski definition) is 1. The Labute approximate surface area is 124 Å². The number of hydrogen-bond acceptors (Lipinski definition) is 3. The molecule has 2 nitrogen and oxygen atoms in total. The maximum atomic E-state index is 5.98. The second-order valence-corrected chi connectivity index (χ2v) is 6.49. The molecule has 0 aliphatic carbocycles. The van der Waals surface area contributed by atoms with Gasteiger partial charge in [-0.05, 0) is 31.5 Å². The minimum absolute atomic E-state index is 0.480. The summed E-state index contributed by atoms with van der Waals surface area (Å²) in [5.41, 5.74) is 0.984. The Balaban J connectivity index is 1.89. The molecule has 0 bridgehead atoms. The van der Waals surface area contributed by atoms with Gasteiger partial charge in [-0.2, -0.15) is 0 Å². The van der Waals surface area contributed by atoms with Crippen molar-refractivity contribution in [1.82, 2.24) is 4.98 Å². The van der Waals surface area contributed by atoms with Crippen LogP contribution in [-0.2, 0) is 0 Å². The van der Waals surface area contributed by atoms with Gasteiger partial charge in [-0.15, -0.1) is 0 Å². The molecule has 0 spiro atoms. The van der Waals surface area contributed by atoms with Gasteiger partial charge in [0.1, 0.15) is 0 Å². The average Bonchev–Trinajstić information content (AvgIpc) is 2.76. The third-order valence-corrected chi connectivity index (χ3v) is 4.41. The molecule has 0 aliphatic rings. The highest BCUT2D eigenvalue weighted by Crippen LogP contribution is 2.28. The number of unbranched alkanes of at least 4 members (excludes halogenated alkanes) is 3. The van der Waals surface area contributed by atoms with Crippen LogP contribution in [0.2, 0.25) is 5.02 Å². The number of anilines is 1. The van der Waals surface area contributed by atoms with Crippen molar-refractivity contribution in [3.8, 4) is 0 Å². The Bertz CT molecular complexity index is 524. The van der Waals surface area contributed by atoms with E-state index in [4.69, 9.17) is 11.6 Å². The molecular formula is C15H21ClN2S. The predicted octanol–water partition coefficient (Wildman–Crippen LogP) is 5.72. The third-order valence-electron chi connectivity index (χ3n) is 3.21. The predicted molar refractivity (Wildman–Crippen MR) is 86.5 cm³/mol. The summed E-state index contributed by atoms with van der Waals surface area (Å²) in [7, 11) is 0. The third kappa shape index (κ3) is 4.36. The maximum absolute atomic E-state index is 5.98. The van der Waals surface area contributed by atoms with Gasteiger partial charge in [-0.1, -0.05) is 55.5 Å². The highest BCUT2D eigenvalue weighted by molar-refractivity contribution is 7.22. The van der Waals surface area contributed by atoms with Crippen molar-refractivity contribution in [2.75, 3.05) is 5.32 Å². The number of benzene rings is 1. The molecule has 19 heavy (non-hydrogen) atoms. The number of fused-ring (bicyclic) bond motifs is 1. The number of aromatic nitrogens is 1. The monoisotopic (exact) mass is 296 g/mol. The first-order valence-electron chi connectivity index (χ1n) is 7.01. The number of nitrogens with zero attached hydrogens (tertiary/aromatic N) is 1. The van der Waals surface area contributed by atoms with Crippen LogP contribution in [0.1, 0.15) is 46.0 Å². The van der Waals surface area contributed by atoms with Gasteiger partial charge in [0.25, 0.3) is 0 Å². The summed E-state index contributed by atoms with van der Waals surface area (Å²) in [6.07, 6.45) is 6.46. The van der Waals surface area contributed by atoms with Crippen molar-refractivity contribution in [2.45, 2.75) is 52.0 Å². The molecule has 1 N–H and O–H groups in total. The Kier molecular flexibility index (Phi) is 5.46. The van der Waals surface area contributed by atoms with Crippen LogP contribution in [0.3, 0.4) is 0 Å². The highest BCUT2D eigenvalue weighted by atomic mass is 35.5. The lowest BCUT2D eigenvalue weighted by atomic mass is 10.1. The van der Waals surface area contributed by atoms with E-state index in [1.165, 1.54) is 36.8 Å². The van der Waals surface area contributed by atoms with E-state index in [1.54, 1.807) is 11.3 Å². The molecule has 1 unspecified atom stereocenters. The molecule has 0 aliphatic heterocycles. The summed E-state index contributed by atoms with van der Waals surface area (Å²) >= 11 is 7.67. The number of nitrogens with one attached hydrogen (secondary N) is 1. The van der Waals surface area contributed by atoms with Gasteiger partial charge in [0, 0.05) is 11.1 Å². The zero-order chi connectivity index (χ0) is 13.7. The second-order valence-electron chi connectivity index (χ2n) is 5.03. The molecule has 0 saturated carbocycles. The fourth-order valence-corrected chi connectivity index (χ4v) is 3.25. The van der Waals surface area contributed by atoms with Crippen LogP contribution in [0, 0.1) is 0 Å². The van der Waals surface area contributed by atoms with E-state index in [0.717, 1.165) is 15.7 Å². The first-order valence-corrected chi connectivity index (χ1v) is 8.21. The van der Waals surface area contributed by atoms with E-state index in [1.807, 2.05) is 18.2 Å². The zero-order valence-electron chi connectivity index (χ0n) is 11.6. The van der Waals surface area contributed by atoms with Crippen molar-refractivity contribution >= 4 is 38.3 Å². The highest BCUT2D eigenvalue weighted by Gasteiger charge is 2.07. The fourth-order valence-electron chi connectivity index (χ4n) is 2.12. The van der Waals surface area contributed by atoms with Crippen LogP contribution in [0.25, 0.3) is 10.2 Å². The summed E-state index contributed by atoms with van der Waals surface area (Å²) in [5.74, 6) is 0. The Hall–Kier alpha value is -0.800. The molecule has 1 aromatic heterocycles. The average molecular weight is 297 g/mol. The van der Waals surface area contributed by atoms with Crippen LogP contribution < -0.4 is 5.32 Å².